The molecule has 1 aromatic carbocycles. The van der Waals surface area contributed by atoms with Gasteiger partial charge in [-0.05, 0) is 53.6 Å². The smallest absolute Gasteiger partial charge is 0.404 e. The zero-order valence-electron chi connectivity index (χ0n) is 20.5. The number of aromatic nitrogens is 1. The van der Waals surface area contributed by atoms with Crippen LogP contribution in [0.25, 0.3) is 22.1 Å². The van der Waals surface area contributed by atoms with E-state index in [4.69, 9.17) is 19.6 Å². The van der Waals surface area contributed by atoms with Crippen molar-refractivity contribution in [2.45, 2.75) is 52.2 Å². The van der Waals surface area contributed by atoms with Crippen LogP contribution in [0.15, 0.2) is 58.0 Å². The molecular weight excluding hydrogens is 446 g/mol. The predicted octanol–water partition coefficient (Wildman–Crippen LogP) is 4.60. The van der Waals surface area contributed by atoms with Crippen molar-refractivity contribution in [3.63, 3.8) is 0 Å². The zero-order chi connectivity index (χ0) is 25.0. The third kappa shape index (κ3) is 6.19. The van der Waals surface area contributed by atoms with Gasteiger partial charge in [0.15, 0.2) is 0 Å². The Hall–Kier alpha value is -3.39. The number of hydrogen-bond donors (Lipinski definition) is 1. The SMILES string of the molecule is CC(C)(C)C1CC(OC(N)=O)CCN1CCCOc1cc(=O)oc2cc(-c3ccncc3)ccc12. The van der Waals surface area contributed by atoms with E-state index < -0.39 is 11.7 Å². The lowest BCUT2D eigenvalue weighted by molar-refractivity contribution is -0.0121. The standard InChI is InChI=1S/C27H33N3O5/c1-27(2,3)24-16-20(34-26(28)32)9-13-30(24)12-4-14-33-22-17-25(31)35-23-15-19(5-6-21(22)23)18-7-10-29-11-8-18/h5-8,10-11,15,17,20,24H,4,9,12-14,16H2,1-3H3,(H2,28,32). The van der Waals surface area contributed by atoms with Crippen LogP contribution in [0.1, 0.15) is 40.0 Å². The Labute approximate surface area is 205 Å². The van der Waals surface area contributed by atoms with E-state index >= 15 is 0 Å². The molecule has 2 aromatic heterocycles. The quantitative estimate of drug-likeness (QED) is 0.390. The number of benzene rings is 1. The molecule has 0 radical (unpaired) electrons. The molecule has 3 heterocycles. The predicted molar refractivity (Wildman–Crippen MR) is 134 cm³/mol. The number of hydrogen-bond acceptors (Lipinski definition) is 7. The third-order valence-electron chi connectivity index (χ3n) is 6.52. The van der Waals surface area contributed by atoms with Crippen molar-refractivity contribution in [1.29, 1.82) is 0 Å². The number of amides is 1. The second kappa shape index (κ2) is 10.5. The van der Waals surface area contributed by atoms with Gasteiger partial charge in [0.25, 0.3) is 0 Å². The summed E-state index contributed by atoms with van der Waals surface area (Å²) in [4.78, 5) is 29.9. The number of likely N-dealkylation sites (tertiary alicyclic amines) is 1. The molecule has 4 rings (SSSR count). The fourth-order valence-electron chi connectivity index (χ4n) is 4.85. The molecule has 0 aliphatic carbocycles. The lowest BCUT2D eigenvalue weighted by Crippen LogP contribution is -2.52. The van der Waals surface area contributed by atoms with Crippen LogP contribution in [-0.2, 0) is 4.74 Å². The largest absolute Gasteiger partial charge is 0.492 e. The number of rotatable bonds is 7. The van der Waals surface area contributed by atoms with Gasteiger partial charge in [-0.15, -0.1) is 0 Å². The highest BCUT2D eigenvalue weighted by molar-refractivity contribution is 5.87. The number of pyridine rings is 1. The molecular formula is C27H33N3O5. The monoisotopic (exact) mass is 479 g/mol. The fraction of sp³-hybridized carbons (Fsp3) is 0.444. The van der Waals surface area contributed by atoms with Gasteiger partial charge in [0.2, 0.25) is 0 Å². The summed E-state index contributed by atoms with van der Waals surface area (Å²) in [6.07, 6.45) is 4.93. The van der Waals surface area contributed by atoms with Crippen molar-refractivity contribution in [2.24, 2.45) is 11.1 Å². The number of nitrogens with two attached hydrogens (primary N) is 1. The van der Waals surface area contributed by atoms with Crippen molar-refractivity contribution >= 4 is 17.1 Å². The molecule has 1 fully saturated rings. The summed E-state index contributed by atoms with van der Waals surface area (Å²) in [5.41, 5.74) is 7.25. The van der Waals surface area contributed by atoms with Gasteiger partial charge in [0.05, 0.1) is 18.1 Å². The van der Waals surface area contributed by atoms with Crippen LogP contribution >= 0.6 is 0 Å². The first-order valence-corrected chi connectivity index (χ1v) is 12.0. The molecule has 1 amide bonds. The van der Waals surface area contributed by atoms with E-state index in [-0.39, 0.29) is 17.6 Å². The molecule has 2 atom stereocenters. The zero-order valence-corrected chi connectivity index (χ0v) is 20.5. The Kier molecular flexibility index (Phi) is 7.40. The molecule has 186 valence electrons. The molecule has 0 saturated carbocycles. The molecule has 0 spiro atoms. The summed E-state index contributed by atoms with van der Waals surface area (Å²) in [5.74, 6) is 0.526. The molecule has 0 bridgehead atoms. The molecule has 1 saturated heterocycles. The van der Waals surface area contributed by atoms with E-state index in [9.17, 15) is 9.59 Å². The molecule has 8 nitrogen and oxygen atoms in total. The number of carbonyl (C=O) groups is 1. The van der Waals surface area contributed by atoms with E-state index in [1.165, 1.54) is 6.07 Å². The van der Waals surface area contributed by atoms with Crippen LogP contribution in [0, 0.1) is 5.41 Å². The van der Waals surface area contributed by atoms with Gasteiger partial charge in [-0.3, -0.25) is 9.88 Å². The molecule has 1 aliphatic rings. The van der Waals surface area contributed by atoms with E-state index in [1.807, 2.05) is 30.3 Å². The lowest BCUT2D eigenvalue weighted by atomic mass is 9.79. The van der Waals surface area contributed by atoms with Gasteiger partial charge >= 0.3 is 11.7 Å². The first kappa shape index (κ1) is 24.7. The molecule has 1 aliphatic heterocycles. The summed E-state index contributed by atoms with van der Waals surface area (Å²) in [7, 11) is 0. The second-order valence-corrected chi connectivity index (χ2v) is 10.1. The maximum Gasteiger partial charge on any atom is 0.404 e. The summed E-state index contributed by atoms with van der Waals surface area (Å²) < 4.78 is 16.8. The molecule has 35 heavy (non-hydrogen) atoms. The Bertz CT molecular complexity index is 1220. The molecule has 2 N–H and O–H groups in total. The first-order chi connectivity index (χ1) is 16.7. The third-order valence-corrected chi connectivity index (χ3v) is 6.52. The second-order valence-electron chi connectivity index (χ2n) is 10.1. The summed E-state index contributed by atoms with van der Waals surface area (Å²) in [6.45, 7) is 8.74. The topological polar surface area (TPSA) is 108 Å². The summed E-state index contributed by atoms with van der Waals surface area (Å²) in [5, 5.41) is 0.763. The number of carbonyl (C=O) groups excluding carboxylic acids is 1. The Morgan fingerprint density at radius 3 is 2.66 bits per heavy atom. The molecule has 3 aromatic rings. The van der Waals surface area contributed by atoms with E-state index in [1.54, 1.807) is 12.4 Å². The van der Waals surface area contributed by atoms with Gasteiger partial charge in [0, 0.05) is 37.9 Å². The van der Waals surface area contributed by atoms with Crippen molar-refractivity contribution in [3.8, 4) is 16.9 Å². The minimum atomic E-state index is -0.711. The molecule has 8 heteroatoms. The van der Waals surface area contributed by atoms with Gasteiger partial charge < -0.3 is 19.6 Å². The van der Waals surface area contributed by atoms with Crippen LogP contribution in [0.3, 0.4) is 0 Å². The Morgan fingerprint density at radius 1 is 1.17 bits per heavy atom. The van der Waals surface area contributed by atoms with Crippen LogP contribution < -0.4 is 16.1 Å². The number of fused-ring (bicyclic) bond motifs is 1. The van der Waals surface area contributed by atoms with Gasteiger partial charge in [-0.2, -0.15) is 0 Å². The number of nitrogens with zero attached hydrogens (tertiary/aromatic N) is 2. The van der Waals surface area contributed by atoms with E-state index in [2.05, 4.69) is 30.7 Å². The van der Waals surface area contributed by atoms with Gasteiger partial charge in [-0.25, -0.2) is 9.59 Å². The van der Waals surface area contributed by atoms with Gasteiger partial charge in [-0.1, -0.05) is 26.8 Å². The summed E-state index contributed by atoms with van der Waals surface area (Å²) in [6, 6.07) is 11.2. The van der Waals surface area contributed by atoms with Crippen LogP contribution in [0.4, 0.5) is 4.79 Å². The van der Waals surface area contributed by atoms with Gasteiger partial charge in [0.1, 0.15) is 17.4 Å². The minimum Gasteiger partial charge on any atom is -0.492 e. The fourth-order valence-corrected chi connectivity index (χ4v) is 4.85. The number of piperidine rings is 1. The highest BCUT2D eigenvalue weighted by atomic mass is 16.6. The maximum atomic E-state index is 12.2. The number of ether oxygens (including phenoxy) is 2. The Balaban J connectivity index is 1.40. The van der Waals surface area contributed by atoms with Crippen LogP contribution in [0.5, 0.6) is 5.75 Å². The van der Waals surface area contributed by atoms with Crippen LogP contribution in [0.2, 0.25) is 0 Å². The highest BCUT2D eigenvalue weighted by Crippen LogP contribution is 2.33. The Morgan fingerprint density at radius 2 is 1.94 bits per heavy atom. The lowest BCUT2D eigenvalue weighted by Gasteiger charge is -2.45. The van der Waals surface area contributed by atoms with Crippen LogP contribution in [-0.4, -0.2) is 47.8 Å². The van der Waals surface area contributed by atoms with Crippen molar-refractivity contribution in [2.75, 3.05) is 19.7 Å². The number of primary amides is 1. The average Bonchev–Trinajstić information content (AvgIpc) is 2.81. The highest BCUT2D eigenvalue weighted by Gasteiger charge is 2.37. The summed E-state index contributed by atoms with van der Waals surface area (Å²) >= 11 is 0. The average molecular weight is 480 g/mol. The normalized spacial score (nSPS) is 18.9. The van der Waals surface area contributed by atoms with E-state index in [0.29, 0.717) is 17.9 Å². The maximum absolute atomic E-state index is 12.2. The first-order valence-electron chi connectivity index (χ1n) is 12.0. The molecule has 2 unspecified atom stereocenters. The van der Waals surface area contributed by atoms with E-state index in [0.717, 1.165) is 48.9 Å². The van der Waals surface area contributed by atoms with Crippen molar-refractivity contribution < 1.29 is 18.7 Å². The van der Waals surface area contributed by atoms with Crippen molar-refractivity contribution in [3.05, 3.63) is 59.2 Å². The van der Waals surface area contributed by atoms with Crippen molar-refractivity contribution in [1.82, 2.24) is 9.88 Å². The minimum absolute atomic E-state index is 0.0294.